The van der Waals surface area contributed by atoms with Gasteiger partial charge in [-0.1, -0.05) is 41.6 Å². The van der Waals surface area contributed by atoms with Gasteiger partial charge in [-0.3, -0.25) is 9.48 Å². The number of carbonyl (C=O) groups is 1. The molecule has 0 atom stereocenters. The number of aromatic nitrogens is 3. The van der Waals surface area contributed by atoms with E-state index in [-0.39, 0.29) is 17.5 Å². The Labute approximate surface area is 160 Å². The molecule has 2 aromatic carbocycles. The van der Waals surface area contributed by atoms with E-state index in [0.717, 1.165) is 11.1 Å². The third-order valence-electron chi connectivity index (χ3n) is 4.30. The molecule has 0 fully saturated rings. The topological polar surface area (TPSA) is 73.0 Å². The SMILES string of the molecule is O=C(NCc1ccccc1Cn1cccn1)c1cc(-c2cccc(F)c2)no1. The zero-order chi connectivity index (χ0) is 19.3. The Kier molecular flexibility index (Phi) is 4.97. The number of nitrogens with one attached hydrogen (secondary N) is 1. The summed E-state index contributed by atoms with van der Waals surface area (Å²) in [5.41, 5.74) is 3.00. The predicted molar refractivity (Wildman–Crippen MR) is 101 cm³/mol. The summed E-state index contributed by atoms with van der Waals surface area (Å²) >= 11 is 0. The molecule has 0 spiro atoms. The van der Waals surface area contributed by atoms with Crippen molar-refractivity contribution in [3.05, 3.63) is 95.8 Å². The normalized spacial score (nSPS) is 10.8. The third-order valence-corrected chi connectivity index (χ3v) is 4.30. The van der Waals surface area contributed by atoms with E-state index in [1.165, 1.54) is 18.2 Å². The Balaban J connectivity index is 1.44. The van der Waals surface area contributed by atoms with Crippen molar-refractivity contribution >= 4 is 5.91 Å². The molecule has 0 unspecified atom stereocenters. The molecule has 4 rings (SSSR count). The molecule has 0 saturated heterocycles. The van der Waals surface area contributed by atoms with Crippen molar-refractivity contribution in [2.24, 2.45) is 0 Å². The first-order valence-electron chi connectivity index (χ1n) is 8.74. The molecular formula is C21H17FN4O2. The van der Waals surface area contributed by atoms with Crippen LogP contribution in [0.25, 0.3) is 11.3 Å². The van der Waals surface area contributed by atoms with Crippen LogP contribution in [0.1, 0.15) is 21.7 Å². The zero-order valence-electron chi connectivity index (χ0n) is 14.9. The lowest BCUT2D eigenvalue weighted by Gasteiger charge is -2.10. The van der Waals surface area contributed by atoms with Gasteiger partial charge in [0.25, 0.3) is 5.91 Å². The lowest BCUT2D eigenvalue weighted by Crippen LogP contribution is -2.23. The van der Waals surface area contributed by atoms with Crippen molar-refractivity contribution in [3.63, 3.8) is 0 Å². The highest BCUT2D eigenvalue weighted by molar-refractivity contribution is 5.92. The van der Waals surface area contributed by atoms with Gasteiger partial charge in [0.15, 0.2) is 0 Å². The van der Waals surface area contributed by atoms with Gasteiger partial charge >= 0.3 is 0 Å². The molecular weight excluding hydrogens is 359 g/mol. The van der Waals surface area contributed by atoms with Gasteiger partial charge in [0.2, 0.25) is 5.76 Å². The fourth-order valence-corrected chi connectivity index (χ4v) is 2.88. The van der Waals surface area contributed by atoms with Crippen LogP contribution in [0, 0.1) is 5.82 Å². The first-order chi connectivity index (χ1) is 13.7. The molecule has 1 amide bonds. The molecule has 4 aromatic rings. The van der Waals surface area contributed by atoms with Gasteiger partial charge in [-0.2, -0.15) is 5.10 Å². The molecule has 0 bridgehead atoms. The van der Waals surface area contributed by atoms with E-state index in [1.807, 2.05) is 41.2 Å². The molecule has 0 radical (unpaired) electrons. The largest absolute Gasteiger partial charge is 0.350 e. The van der Waals surface area contributed by atoms with E-state index in [9.17, 15) is 9.18 Å². The molecule has 28 heavy (non-hydrogen) atoms. The number of nitrogens with zero attached hydrogens (tertiary/aromatic N) is 3. The molecule has 7 heteroatoms. The first kappa shape index (κ1) is 17.7. The summed E-state index contributed by atoms with van der Waals surface area (Å²) in [5.74, 6) is -0.687. The van der Waals surface area contributed by atoms with Crippen molar-refractivity contribution in [1.29, 1.82) is 0 Å². The molecule has 0 aliphatic heterocycles. The molecule has 0 saturated carbocycles. The molecule has 140 valence electrons. The van der Waals surface area contributed by atoms with Gasteiger partial charge in [-0.05, 0) is 29.3 Å². The second-order valence-corrected chi connectivity index (χ2v) is 6.24. The van der Waals surface area contributed by atoms with E-state index in [1.54, 1.807) is 18.3 Å². The Morgan fingerprint density at radius 2 is 1.93 bits per heavy atom. The lowest BCUT2D eigenvalue weighted by molar-refractivity contribution is 0.0914. The van der Waals surface area contributed by atoms with Crippen LogP contribution in [-0.4, -0.2) is 20.8 Å². The van der Waals surface area contributed by atoms with Crippen molar-refractivity contribution in [2.45, 2.75) is 13.1 Å². The summed E-state index contributed by atoms with van der Waals surface area (Å²) in [6, 6.07) is 17.2. The maximum atomic E-state index is 13.4. The fourth-order valence-electron chi connectivity index (χ4n) is 2.88. The van der Waals surface area contributed by atoms with Crippen LogP contribution < -0.4 is 5.32 Å². The van der Waals surface area contributed by atoms with E-state index >= 15 is 0 Å². The Morgan fingerprint density at radius 1 is 1.07 bits per heavy atom. The van der Waals surface area contributed by atoms with E-state index in [0.29, 0.717) is 24.3 Å². The second kappa shape index (κ2) is 7.87. The van der Waals surface area contributed by atoms with Gasteiger partial charge in [-0.15, -0.1) is 0 Å². The minimum Gasteiger partial charge on any atom is -0.350 e. The summed E-state index contributed by atoms with van der Waals surface area (Å²) < 4.78 is 20.3. The van der Waals surface area contributed by atoms with Crippen LogP contribution in [0.15, 0.2) is 77.6 Å². The maximum absolute atomic E-state index is 13.4. The van der Waals surface area contributed by atoms with Crippen molar-refractivity contribution in [3.8, 4) is 11.3 Å². The maximum Gasteiger partial charge on any atom is 0.290 e. The summed E-state index contributed by atoms with van der Waals surface area (Å²) in [5, 5.41) is 10.9. The second-order valence-electron chi connectivity index (χ2n) is 6.24. The Hall–Kier alpha value is -3.74. The molecule has 1 N–H and O–H groups in total. The number of rotatable bonds is 6. The van der Waals surface area contributed by atoms with Crippen LogP contribution in [0.4, 0.5) is 4.39 Å². The number of carbonyl (C=O) groups excluding carboxylic acids is 1. The lowest BCUT2D eigenvalue weighted by atomic mass is 10.1. The number of hydrogen-bond acceptors (Lipinski definition) is 4. The van der Waals surface area contributed by atoms with Crippen molar-refractivity contribution < 1.29 is 13.7 Å². The molecule has 2 heterocycles. The minimum absolute atomic E-state index is 0.0730. The Morgan fingerprint density at radius 3 is 2.71 bits per heavy atom. The molecule has 0 aliphatic carbocycles. The number of hydrogen-bond donors (Lipinski definition) is 1. The predicted octanol–water partition coefficient (Wildman–Crippen LogP) is 3.66. The Bertz CT molecular complexity index is 1090. The fraction of sp³-hybridized carbons (Fsp3) is 0.0952. The van der Waals surface area contributed by atoms with Crippen LogP contribution in [0.2, 0.25) is 0 Å². The zero-order valence-corrected chi connectivity index (χ0v) is 14.9. The van der Waals surface area contributed by atoms with E-state index in [2.05, 4.69) is 15.6 Å². The van der Waals surface area contributed by atoms with Gasteiger partial charge in [0.1, 0.15) is 11.5 Å². The summed E-state index contributed by atoms with van der Waals surface area (Å²) in [7, 11) is 0. The van der Waals surface area contributed by atoms with Gasteiger partial charge < -0.3 is 9.84 Å². The van der Waals surface area contributed by atoms with E-state index < -0.39 is 0 Å². The quantitative estimate of drug-likeness (QED) is 0.557. The van der Waals surface area contributed by atoms with E-state index in [4.69, 9.17) is 4.52 Å². The standard InChI is InChI=1S/C21H17FN4O2/c22-18-8-3-7-15(11-18)19-12-20(28-25-19)21(27)23-13-16-5-1-2-6-17(16)14-26-10-4-9-24-26/h1-12H,13-14H2,(H,23,27). The summed E-state index contributed by atoms with van der Waals surface area (Å²) in [4.78, 5) is 12.4. The number of amides is 1. The third kappa shape index (κ3) is 3.98. The highest BCUT2D eigenvalue weighted by Crippen LogP contribution is 2.20. The van der Waals surface area contributed by atoms with Crippen LogP contribution in [0.3, 0.4) is 0 Å². The molecule has 0 aliphatic rings. The first-order valence-corrected chi connectivity index (χ1v) is 8.74. The van der Waals surface area contributed by atoms with Crippen molar-refractivity contribution in [1.82, 2.24) is 20.3 Å². The van der Waals surface area contributed by atoms with Crippen LogP contribution in [-0.2, 0) is 13.1 Å². The van der Waals surface area contributed by atoms with Gasteiger partial charge in [-0.25, -0.2) is 4.39 Å². The molecule has 2 aromatic heterocycles. The highest BCUT2D eigenvalue weighted by Gasteiger charge is 2.15. The summed E-state index contributed by atoms with van der Waals surface area (Å²) in [6.45, 7) is 0.956. The average molecular weight is 376 g/mol. The molecule has 6 nitrogen and oxygen atoms in total. The van der Waals surface area contributed by atoms with Gasteiger partial charge in [0, 0.05) is 30.6 Å². The smallest absolute Gasteiger partial charge is 0.290 e. The number of benzene rings is 2. The highest BCUT2D eigenvalue weighted by atomic mass is 19.1. The van der Waals surface area contributed by atoms with Crippen molar-refractivity contribution in [2.75, 3.05) is 0 Å². The van der Waals surface area contributed by atoms with Gasteiger partial charge in [0.05, 0.1) is 6.54 Å². The average Bonchev–Trinajstić information content (AvgIpc) is 3.39. The van der Waals surface area contributed by atoms with Crippen LogP contribution >= 0.6 is 0 Å². The monoisotopic (exact) mass is 376 g/mol. The minimum atomic E-state index is -0.385. The summed E-state index contributed by atoms with van der Waals surface area (Å²) in [6.07, 6.45) is 3.61. The van der Waals surface area contributed by atoms with Crippen LogP contribution in [0.5, 0.6) is 0 Å². The number of halogens is 1.